The Morgan fingerprint density at radius 1 is 0.833 bits per heavy atom. The molecule has 0 aromatic rings. The van der Waals surface area contributed by atoms with Gasteiger partial charge in [0.25, 0.3) is 0 Å². The van der Waals surface area contributed by atoms with Crippen LogP contribution >= 0.6 is 0 Å². The Kier molecular flexibility index (Phi) is 4.12. The van der Waals surface area contributed by atoms with Gasteiger partial charge < -0.3 is 10.2 Å². The first-order valence-corrected chi connectivity index (χ1v) is 10.6. The highest BCUT2D eigenvalue weighted by atomic mass is 16.3. The van der Waals surface area contributed by atoms with E-state index in [0.717, 1.165) is 37.0 Å². The zero-order valence-corrected chi connectivity index (χ0v) is 16.2. The van der Waals surface area contributed by atoms with E-state index in [1.807, 2.05) is 0 Å². The molecule has 9 atom stereocenters. The lowest BCUT2D eigenvalue weighted by atomic mass is 9.43. The van der Waals surface area contributed by atoms with Gasteiger partial charge in [0, 0.05) is 0 Å². The summed E-state index contributed by atoms with van der Waals surface area (Å²) in [5.41, 5.74) is 0.814. The van der Waals surface area contributed by atoms with Crippen molar-refractivity contribution in [2.24, 2.45) is 46.3 Å². The van der Waals surface area contributed by atoms with Crippen molar-refractivity contribution in [1.82, 2.24) is 0 Å². The summed E-state index contributed by atoms with van der Waals surface area (Å²) < 4.78 is 0. The van der Waals surface area contributed by atoms with Gasteiger partial charge in [-0.25, -0.2) is 0 Å². The summed E-state index contributed by atoms with van der Waals surface area (Å²) in [4.78, 5) is 0. The summed E-state index contributed by atoms with van der Waals surface area (Å²) in [6, 6.07) is 0. The summed E-state index contributed by atoms with van der Waals surface area (Å²) in [6.07, 6.45) is 9.12. The maximum absolute atomic E-state index is 11.1. The van der Waals surface area contributed by atoms with Crippen molar-refractivity contribution >= 4 is 0 Å². The minimum absolute atomic E-state index is 0.127. The van der Waals surface area contributed by atoms with Crippen molar-refractivity contribution in [2.75, 3.05) is 0 Å². The number of hydrogen-bond acceptors (Lipinski definition) is 2. The van der Waals surface area contributed by atoms with E-state index in [-0.39, 0.29) is 12.2 Å². The summed E-state index contributed by atoms with van der Waals surface area (Å²) in [5.74, 6) is 4.07. The second-order valence-corrected chi connectivity index (χ2v) is 10.7. The predicted molar refractivity (Wildman–Crippen MR) is 97.5 cm³/mol. The molecule has 0 heterocycles. The maximum atomic E-state index is 11.1. The third-order valence-electron chi connectivity index (χ3n) is 9.53. The van der Waals surface area contributed by atoms with Gasteiger partial charge in [-0.3, -0.25) is 0 Å². The van der Waals surface area contributed by atoms with Crippen LogP contribution in [-0.2, 0) is 0 Å². The van der Waals surface area contributed by atoms with Crippen LogP contribution in [-0.4, -0.2) is 22.4 Å². The van der Waals surface area contributed by atoms with Crippen LogP contribution in [0.3, 0.4) is 0 Å². The molecule has 2 nitrogen and oxygen atoms in total. The van der Waals surface area contributed by atoms with Crippen LogP contribution in [0.2, 0.25) is 0 Å². The molecule has 2 heteroatoms. The van der Waals surface area contributed by atoms with E-state index >= 15 is 0 Å². The van der Waals surface area contributed by atoms with Gasteiger partial charge in [-0.1, -0.05) is 27.7 Å². The van der Waals surface area contributed by atoms with Gasteiger partial charge >= 0.3 is 0 Å². The van der Waals surface area contributed by atoms with Gasteiger partial charge in [-0.05, 0) is 97.7 Å². The van der Waals surface area contributed by atoms with Crippen molar-refractivity contribution in [2.45, 2.75) is 91.3 Å². The zero-order valence-electron chi connectivity index (χ0n) is 16.2. The van der Waals surface area contributed by atoms with Crippen LogP contribution in [0.25, 0.3) is 0 Å². The molecule has 0 aliphatic heterocycles. The lowest BCUT2D eigenvalue weighted by molar-refractivity contribution is -0.174. The van der Waals surface area contributed by atoms with Gasteiger partial charge in [0.1, 0.15) is 0 Å². The molecule has 0 radical (unpaired) electrons. The summed E-state index contributed by atoms with van der Waals surface area (Å²) in [6.45, 7) is 9.87. The molecule has 4 aliphatic carbocycles. The van der Waals surface area contributed by atoms with Crippen LogP contribution in [0.1, 0.15) is 79.1 Å². The largest absolute Gasteiger partial charge is 0.393 e. The van der Waals surface area contributed by atoms with E-state index in [1.54, 1.807) is 0 Å². The second kappa shape index (κ2) is 5.71. The fourth-order valence-corrected chi connectivity index (χ4v) is 8.34. The Morgan fingerprint density at radius 3 is 2.21 bits per heavy atom. The number of fused-ring (bicyclic) bond motifs is 5. The fourth-order valence-electron chi connectivity index (χ4n) is 8.34. The maximum Gasteiger partial charge on any atom is 0.0577 e. The highest BCUT2D eigenvalue weighted by Gasteiger charge is 2.62. The molecule has 0 saturated heterocycles. The Balaban J connectivity index is 1.65. The van der Waals surface area contributed by atoms with E-state index in [9.17, 15) is 10.2 Å². The molecule has 0 amide bonds. The lowest BCUT2D eigenvalue weighted by Gasteiger charge is -2.62. The minimum Gasteiger partial charge on any atom is -0.393 e. The van der Waals surface area contributed by atoms with Crippen LogP contribution in [0, 0.1) is 46.3 Å². The van der Waals surface area contributed by atoms with Crippen molar-refractivity contribution in [3.05, 3.63) is 0 Å². The van der Waals surface area contributed by atoms with Crippen molar-refractivity contribution < 1.29 is 10.2 Å². The normalized spacial score (nSPS) is 57.4. The molecule has 2 N–H and O–H groups in total. The summed E-state index contributed by atoms with van der Waals surface area (Å²) >= 11 is 0. The van der Waals surface area contributed by atoms with Crippen LogP contribution < -0.4 is 0 Å². The quantitative estimate of drug-likeness (QED) is 0.734. The second-order valence-electron chi connectivity index (χ2n) is 10.7. The van der Waals surface area contributed by atoms with E-state index < -0.39 is 0 Å². The molecular formula is C22H38O2. The molecule has 0 bridgehead atoms. The number of rotatable bonds is 1. The highest BCUT2D eigenvalue weighted by Crippen LogP contribution is 2.68. The van der Waals surface area contributed by atoms with E-state index in [4.69, 9.17) is 0 Å². The smallest absolute Gasteiger partial charge is 0.0577 e. The highest BCUT2D eigenvalue weighted by molar-refractivity contribution is 5.11. The minimum atomic E-state index is -0.131. The van der Waals surface area contributed by atoms with E-state index in [0.29, 0.717) is 28.6 Å². The fraction of sp³-hybridized carbons (Fsp3) is 1.00. The molecule has 2 unspecified atom stereocenters. The Labute approximate surface area is 148 Å². The van der Waals surface area contributed by atoms with Crippen molar-refractivity contribution in [3.8, 4) is 0 Å². The van der Waals surface area contributed by atoms with E-state index in [1.165, 1.54) is 32.1 Å². The van der Waals surface area contributed by atoms with Gasteiger partial charge in [0.05, 0.1) is 12.2 Å². The third-order valence-corrected chi connectivity index (χ3v) is 9.53. The third kappa shape index (κ3) is 2.28. The topological polar surface area (TPSA) is 40.5 Å². The summed E-state index contributed by atoms with van der Waals surface area (Å²) in [7, 11) is 0. The molecule has 138 valence electrons. The van der Waals surface area contributed by atoms with Crippen LogP contribution in [0.15, 0.2) is 0 Å². The Hall–Kier alpha value is -0.0800. The van der Waals surface area contributed by atoms with E-state index in [2.05, 4.69) is 27.7 Å². The van der Waals surface area contributed by atoms with Gasteiger partial charge in [0.15, 0.2) is 0 Å². The Bertz CT molecular complexity index is 488. The molecule has 4 saturated carbocycles. The first-order chi connectivity index (χ1) is 11.3. The number of aliphatic hydroxyl groups is 2. The molecule has 0 aromatic heterocycles. The van der Waals surface area contributed by atoms with Crippen molar-refractivity contribution in [1.29, 1.82) is 0 Å². The first kappa shape index (κ1) is 17.3. The molecule has 0 spiro atoms. The van der Waals surface area contributed by atoms with Crippen LogP contribution in [0.5, 0.6) is 0 Å². The van der Waals surface area contributed by atoms with Gasteiger partial charge in [0.2, 0.25) is 0 Å². The van der Waals surface area contributed by atoms with Gasteiger partial charge in [-0.2, -0.15) is 0 Å². The molecular weight excluding hydrogens is 296 g/mol. The monoisotopic (exact) mass is 334 g/mol. The van der Waals surface area contributed by atoms with Crippen LogP contribution in [0.4, 0.5) is 0 Å². The average molecular weight is 335 g/mol. The number of hydrogen-bond donors (Lipinski definition) is 2. The summed E-state index contributed by atoms with van der Waals surface area (Å²) in [5, 5.41) is 21.3. The predicted octanol–water partition coefficient (Wildman–Crippen LogP) is 4.63. The number of aliphatic hydroxyl groups excluding tert-OH is 2. The Morgan fingerprint density at radius 2 is 1.50 bits per heavy atom. The molecule has 24 heavy (non-hydrogen) atoms. The average Bonchev–Trinajstić information content (AvgIpc) is 2.86. The lowest BCUT2D eigenvalue weighted by Crippen LogP contribution is -2.58. The molecule has 4 fully saturated rings. The standard InChI is InChI=1S/C22H38O2/c1-13(2)16-5-6-17-20-18(8-10-22(16,17)4)21(3)9-7-15(23)11-14(21)12-19(20)24/h13-20,23-24H,5-12H2,1-4H3/t14-,15+,16+,17?,18?,19+,20-,21-,22+/m0/s1. The van der Waals surface area contributed by atoms with Gasteiger partial charge in [-0.15, -0.1) is 0 Å². The molecule has 4 aliphatic rings. The molecule has 4 rings (SSSR count). The molecule has 0 aromatic carbocycles. The SMILES string of the molecule is CC(C)[C@H]1CCC2[C@H]3C(CC[C@@]21C)[C@@]1(C)CC[C@@H](O)C[C@H]1C[C@H]3O. The zero-order chi connectivity index (χ0) is 17.3. The van der Waals surface area contributed by atoms with Crippen molar-refractivity contribution in [3.63, 3.8) is 0 Å². The first-order valence-electron chi connectivity index (χ1n) is 10.6.